The van der Waals surface area contributed by atoms with Crippen molar-refractivity contribution in [2.24, 2.45) is 5.10 Å². The number of aryl methyl sites for hydroxylation is 1. The molecule has 0 atom stereocenters. The van der Waals surface area contributed by atoms with E-state index in [-0.39, 0.29) is 17.9 Å². The van der Waals surface area contributed by atoms with Crippen LogP contribution in [0.2, 0.25) is 0 Å². The van der Waals surface area contributed by atoms with Gasteiger partial charge in [-0.1, -0.05) is 12.1 Å². The molecule has 0 spiro atoms. The number of aromatic nitrogens is 6. The predicted molar refractivity (Wildman–Crippen MR) is 86.5 cm³/mol. The van der Waals surface area contributed by atoms with Gasteiger partial charge in [-0.15, -0.1) is 5.10 Å². The molecule has 1 amide bonds. The minimum Gasteiger partial charge on any atom is -0.273 e. The van der Waals surface area contributed by atoms with E-state index in [0.717, 1.165) is 11.3 Å². The van der Waals surface area contributed by atoms with Crippen molar-refractivity contribution >= 4 is 12.1 Å². The van der Waals surface area contributed by atoms with Crippen molar-refractivity contribution in [2.45, 2.75) is 19.9 Å². The number of nitrogens with zero attached hydrogens (tertiary/aromatic N) is 7. The number of tetrazole rings is 1. The van der Waals surface area contributed by atoms with Crippen LogP contribution in [0.5, 0.6) is 0 Å². The molecular formula is C15H15FN8O. The quantitative estimate of drug-likeness (QED) is 0.525. The molecule has 25 heavy (non-hydrogen) atoms. The lowest BCUT2D eigenvalue weighted by molar-refractivity contribution is -0.120. The van der Waals surface area contributed by atoms with Crippen LogP contribution in [0.4, 0.5) is 4.39 Å². The van der Waals surface area contributed by atoms with Crippen molar-refractivity contribution < 1.29 is 9.18 Å². The van der Waals surface area contributed by atoms with E-state index in [2.05, 4.69) is 31.2 Å². The van der Waals surface area contributed by atoms with Gasteiger partial charge in [0.2, 0.25) is 11.9 Å². The Morgan fingerprint density at radius 3 is 2.80 bits per heavy atom. The van der Waals surface area contributed by atoms with Crippen molar-refractivity contribution in [3.8, 4) is 5.69 Å². The SMILES string of the molecule is CCn1ncc(/C=N\NC(=O)Cc2ccc(-n3cnnn3)cc2)c1F. The highest BCUT2D eigenvalue weighted by molar-refractivity contribution is 5.83. The molecule has 0 aliphatic heterocycles. The predicted octanol–water partition coefficient (Wildman–Crippen LogP) is 0.711. The van der Waals surface area contributed by atoms with Gasteiger partial charge in [0.1, 0.15) is 6.33 Å². The fourth-order valence-electron chi connectivity index (χ4n) is 2.14. The van der Waals surface area contributed by atoms with Crippen LogP contribution in [0.15, 0.2) is 41.9 Å². The van der Waals surface area contributed by atoms with E-state index in [1.54, 1.807) is 31.2 Å². The Bertz CT molecular complexity index is 870. The summed E-state index contributed by atoms with van der Waals surface area (Å²) in [5.74, 6) is -0.798. The van der Waals surface area contributed by atoms with Crippen LogP contribution in [-0.2, 0) is 17.8 Å². The molecule has 3 aromatic rings. The van der Waals surface area contributed by atoms with E-state index in [4.69, 9.17) is 0 Å². The summed E-state index contributed by atoms with van der Waals surface area (Å²) in [6.45, 7) is 2.20. The fourth-order valence-corrected chi connectivity index (χ4v) is 2.14. The number of rotatable bonds is 6. The lowest BCUT2D eigenvalue weighted by Gasteiger charge is -2.03. The number of carbonyl (C=O) groups excluding carboxylic acids is 1. The Morgan fingerprint density at radius 2 is 2.16 bits per heavy atom. The first-order chi connectivity index (χ1) is 12.2. The Morgan fingerprint density at radius 1 is 1.36 bits per heavy atom. The number of hydrazone groups is 1. The molecule has 128 valence electrons. The monoisotopic (exact) mass is 342 g/mol. The number of hydrogen-bond donors (Lipinski definition) is 1. The summed E-state index contributed by atoms with van der Waals surface area (Å²) in [5.41, 5.74) is 4.17. The minimum atomic E-state index is -0.487. The minimum absolute atomic E-state index is 0.143. The van der Waals surface area contributed by atoms with Crippen molar-refractivity contribution in [3.63, 3.8) is 0 Å². The van der Waals surface area contributed by atoms with Crippen LogP contribution < -0.4 is 5.43 Å². The van der Waals surface area contributed by atoms with Crippen molar-refractivity contribution in [1.29, 1.82) is 0 Å². The summed E-state index contributed by atoms with van der Waals surface area (Å²) in [7, 11) is 0. The van der Waals surface area contributed by atoms with Crippen LogP contribution in [0.3, 0.4) is 0 Å². The third-order valence-electron chi connectivity index (χ3n) is 3.41. The molecule has 3 rings (SSSR count). The second-order valence-corrected chi connectivity index (χ2v) is 5.10. The molecule has 0 aliphatic carbocycles. The van der Waals surface area contributed by atoms with E-state index in [1.807, 2.05) is 0 Å². The number of benzene rings is 1. The normalized spacial score (nSPS) is 11.1. The Labute approximate surface area is 142 Å². The highest BCUT2D eigenvalue weighted by atomic mass is 19.1. The van der Waals surface area contributed by atoms with Gasteiger partial charge in [-0.3, -0.25) is 4.79 Å². The van der Waals surface area contributed by atoms with E-state index < -0.39 is 5.95 Å². The zero-order valence-corrected chi connectivity index (χ0v) is 13.4. The third-order valence-corrected chi connectivity index (χ3v) is 3.41. The standard InChI is InChI=1S/C15H15FN8O/c1-2-23-15(16)12(9-19-23)8-17-20-14(25)7-11-3-5-13(6-4-11)24-10-18-21-22-24/h3-6,8-10H,2,7H2,1H3,(H,20,25)/b17-8-. The van der Waals surface area contributed by atoms with Crippen LogP contribution in [0.1, 0.15) is 18.1 Å². The van der Waals surface area contributed by atoms with Gasteiger partial charge in [-0.05, 0) is 35.0 Å². The molecule has 0 fully saturated rings. The molecule has 0 bridgehead atoms. The second kappa shape index (κ2) is 7.43. The van der Waals surface area contributed by atoms with Gasteiger partial charge in [0.05, 0.1) is 30.1 Å². The molecule has 0 saturated carbocycles. The van der Waals surface area contributed by atoms with E-state index in [9.17, 15) is 9.18 Å². The number of carbonyl (C=O) groups is 1. The van der Waals surface area contributed by atoms with Gasteiger partial charge in [0.15, 0.2) is 0 Å². The maximum atomic E-state index is 13.7. The number of amides is 1. The van der Waals surface area contributed by atoms with Gasteiger partial charge in [0, 0.05) is 6.54 Å². The molecule has 2 aromatic heterocycles. The molecule has 0 saturated heterocycles. The lowest BCUT2D eigenvalue weighted by Crippen LogP contribution is -2.19. The highest BCUT2D eigenvalue weighted by Crippen LogP contribution is 2.08. The number of hydrogen-bond acceptors (Lipinski definition) is 6. The number of halogens is 1. The van der Waals surface area contributed by atoms with Gasteiger partial charge < -0.3 is 0 Å². The summed E-state index contributed by atoms with van der Waals surface area (Å²) >= 11 is 0. The molecular weight excluding hydrogens is 327 g/mol. The summed E-state index contributed by atoms with van der Waals surface area (Å²) in [6, 6.07) is 7.20. The van der Waals surface area contributed by atoms with Gasteiger partial charge >= 0.3 is 0 Å². The maximum absolute atomic E-state index is 13.7. The van der Waals surface area contributed by atoms with E-state index >= 15 is 0 Å². The van der Waals surface area contributed by atoms with Crippen molar-refractivity contribution in [1.82, 2.24) is 35.4 Å². The maximum Gasteiger partial charge on any atom is 0.244 e. The summed E-state index contributed by atoms with van der Waals surface area (Å²) < 4.78 is 16.5. The molecule has 0 aliphatic rings. The van der Waals surface area contributed by atoms with Crippen LogP contribution in [-0.4, -0.2) is 42.1 Å². The first-order valence-corrected chi connectivity index (χ1v) is 7.53. The largest absolute Gasteiger partial charge is 0.273 e. The molecule has 9 nitrogen and oxygen atoms in total. The first kappa shape index (κ1) is 16.4. The fraction of sp³-hybridized carbons (Fsp3) is 0.200. The summed E-state index contributed by atoms with van der Waals surface area (Å²) in [4.78, 5) is 11.9. The lowest BCUT2D eigenvalue weighted by atomic mass is 10.1. The van der Waals surface area contributed by atoms with Crippen molar-refractivity contribution in [2.75, 3.05) is 0 Å². The molecule has 0 unspecified atom stereocenters. The van der Waals surface area contributed by atoms with Gasteiger partial charge in [-0.2, -0.15) is 14.6 Å². The molecule has 1 N–H and O–H groups in total. The smallest absolute Gasteiger partial charge is 0.244 e. The highest BCUT2D eigenvalue weighted by Gasteiger charge is 2.07. The second-order valence-electron chi connectivity index (χ2n) is 5.10. The van der Waals surface area contributed by atoms with Gasteiger partial charge in [-0.25, -0.2) is 14.8 Å². The first-order valence-electron chi connectivity index (χ1n) is 7.53. The van der Waals surface area contributed by atoms with Crippen LogP contribution in [0.25, 0.3) is 5.69 Å². The molecule has 2 heterocycles. The van der Waals surface area contributed by atoms with E-state index in [0.29, 0.717) is 6.54 Å². The summed E-state index contributed by atoms with van der Waals surface area (Å²) in [5, 5.41) is 18.5. The average molecular weight is 342 g/mol. The topological polar surface area (TPSA) is 103 Å². The van der Waals surface area contributed by atoms with Gasteiger partial charge in [0.25, 0.3) is 0 Å². The zero-order valence-electron chi connectivity index (χ0n) is 13.4. The van der Waals surface area contributed by atoms with Crippen LogP contribution >= 0.6 is 0 Å². The van der Waals surface area contributed by atoms with Crippen LogP contribution in [0, 0.1) is 5.95 Å². The Hall–Kier alpha value is -3.43. The third kappa shape index (κ3) is 3.91. The average Bonchev–Trinajstić information content (AvgIpc) is 3.26. The summed E-state index contributed by atoms with van der Waals surface area (Å²) in [6.07, 6.45) is 4.21. The molecule has 0 radical (unpaired) electrons. The van der Waals surface area contributed by atoms with E-state index in [1.165, 1.54) is 28.1 Å². The van der Waals surface area contributed by atoms with Crippen molar-refractivity contribution in [3.05, 3.63) is 53.9 Å². The molecule has 1 aromatic carbocycles. The zero-order chi connectivity index (χ0) is 17.6. The molecule has 10 heteroatoms. The number of nitrogens with one attached hydrogen (secondary N) is 1. The Kier molecular flexibility index (Phi) is 4.88. The Balaban J connectivity index is 1.55.